The average molecular weight is 565 g/mol. The van der Waals surface area contributed by atoms with E-state index >= 15 is 0 Å². The van der Waals surface area contributed by atoms with Crippen molar-refractivity contribution in [2.24, 2.45) is 11.8 Å². The van der Waals surface area contributed by atoms with Crippen LogP contribution >= 0.6 is 0 Å². The van der Waals surface area contributed by atoms with Crippen molar-refractivity contribution in [2.45, 2.75) is 57.2 Å². The molecule has 1 N–H and O–H groups in total. The number of piperidine rings is 1. The van der Waals surface area contributed by atoms with Gasteiger partial charge in [0, 0.05) is 37.3 Å². The van der Waals surface area contributed by atoms with Crippen LogP contribution in [0.2, 0.25) is 0 Å². The summed E-state index contributed by atoms with van der Waals surface area (Å²) in [6.07, 6.45) is 1.78. The van der Waals surface area contributed by atoms with Gasteiger partial charge in [-0.1, -0.05) is 6.07 Å². The van der Waals surface area contributed by atoms with E-state index in [1.165, 1.54) is 23.3 Å². The molecule has 2 heterocycles. The number of unbranched alkanes of at least 4 members (excludes halogenated alkanes) is 1. The number of likely N-dealkylation sites (tertiary alicyclic amines) is 1. The third-order valence-corrected chi connectivity index (χ3v) is 8.79. The van der Waals surface area contributed by atoms with Crippen molar-refractivity contribution in [3.05, 3.63) is 59.2 Å². The zero-order valence-electron chi connectivity index (χ0n) is 21.9. The quantitative estimate of drug-likeness (QED) is 0.297. The summed E-state index contributed by atoms with van der Waals surface area (Å²) in [5, 5.41) is 0. The summed E-state index contributed by atoms with van der Waals surface area (Å²) < 4.78 is 65.1. The maximum Gasteiger partial charge on any atom is 0.416 e. The van der Waals surface area contributed by atoms with E-state index in [1.807, 2.05) is 17.0 Å². The van der Waals surface area contributed by atoms with Gasteiger partial charge in [0.25, 0.3) is 0 Å². The Kier molecular flexibility index (Phi) is 8.63. The Morgan fingerprint density at radius 3 is 2.31 bits per heavy atom. The number of amides is 1. The van der Waals surface area contributed by atoms with E-state index in [0.717, 1.165) is 76.8 Å². The minimum Gasteiger partial charge on any atom is -0.457 e. The molecule has 1 saturated carbocycles. The molecule has 2 unspecified atom stereocenters. The second kappa shape index (κ2) is 12.0. The molecule has 0 bridgehead atoms. The normalized spacial score (nSPS) is 21.4. The first kappa shape index (κ1) is 28.1. The van der Waals surface area contributed by atoms with Crippen molar-refractivity contribution < 1.29 is 31.5 Å². The van der Waals surface area contributed by atoms with Crippen molar-refractivity contribution in [3.63, 3.8) is 0 Å². The first-order valence-electron chi connectivity index (χ1n) is 13.8. The maximum atomic E-state index is 13.0. The highest BCUT2D eigenvalue weighted by Gasteiger charge is 2.39. The van der Waals surface area contributed by atoms with Crippen molar-refractivity contribution in [2.75, 3.05) is 31.9 Å². The first-order valence-corrected chi connectivity index (χ1v) is 15.0. The van der Waals surface area contributed by atoms with Gasteiger partial charge in [0.2, 0.25) is 5.91 Å². The Hall–Kier alpha value is -2.43. The highest BCUT2D eigenvalue weighted by molar-refractivity contribution is 7.79. The number of benzene rings is 2. The van der Waals surface area contributed by atoms with Crippen LogP contribution in [0, 0.1) is 11.8 Å². The lowest BCUT2D eigenvalue weighted by Gasteiger charge is -2.45. The van der Waals surface area contributed by atoms with Crippen molar-refractivity contribution >= 4 is 17.0 Å². The fraction of sp³-hybridized carbons (Fsp3) is 0.552. The molecule has 39 heavy (non-hydrogen) atoms. The van der Waals surface area contributed by atoms with Gasteiger partial charge in [0.05, 0.1) is 5.56 Å². The molecule has 2 aromatic rings. The molecule has 0 spiro atoms. The van der Waals surface area contributed by atoms with Crippen LogP contribution in [0.15, 0.2) is 42.5 Å². The lowest BCUT2D eigenvalue weighted by atomic mass is 9.79. The van der Waals surface area contributed by atoms with E-state index in [4.69, 9.17) is 9.29 Å². The molecule has 2 aromatic carbocycles. The molecular formula is C29H35F3N2O4S. The Morgan fingerprint density at radius 1 is 0.974 bits per heavy atom. The van der Waals surface area contributed by atoms with Crippen LogP contribution in [0.1, 0.15) is 61.3 Å². The Morgan fingerprint density at radius 2 is 1.67 bits per heavy atom. The van der Waals surface area contributed by atoms with E-state index in [9.17, 15) is 22.2 Å². The second-order valence-corrected chi connectivity index (χ2v) is 11.9. The van der Waals surface area contributed by atoms with E-state index in [1.54, 1.807) is 0 Å². The van der Waals surface area contributed by atoms with Gasteiger partial charge in [-0.25, -0.2) is 4.21 Å². The summed E-state index contributed by atoms with van der Waals surface area (Å²) in [6, 6.07) is 10.8. The molecule has 2 fully saturated rings. The van der Waals surface area contributed by atoms with Crippen LogP contribution < -0.4 is 4.74 Å². The molecule has 0 radical (unpaired) electrons. The summed E-state index contributed by atoms with van der Waals surface area (Å²) >= 11 is -1.79. The molecule has 212 valence electrons. The molecule has 3 aliphatic rings. The largest absolute Gasteiger partial charge is 0.457 e. The van der Waals surface area contributed by atoms with Crippen LogP contribution in [-0.2, 0) is 28.5 Å². The predicted molar refractivity (Wildman–Crippen MR) is 143 cm³/mol. The molecule has 1 aliphatic carbocycles. The highest BCUT2D eigenvalue weighted by Crippen LogP contribution is 2.43. The molecule has 1 saturated heterocycles. The Balaban J connectivity index is 1.34. The molecule has 10 heteroatoms. The van der Waals surface area contributed by atoms with Gasteiger partial charge in [-0.2, -0.15) is 13.2 Å². The van der Waals surface area contributed by atoms with Gasteiger partial charge >= 0.3 is 6.18 Å². The molecular weight excluding hydrogens is 529 g/mol. The third-order valence-electron chi connectivity index (χ3n) is 8.15. The number of ether oxygens (including phenoxy) is 1. The lowest BCUT2D eigenvalue weighted by molar-refractivity contribution is -0.137. The van der Waals surface area contributed by atoms with Crippen LogP contribution in [0.5, 0.6) is 11.5 Å². The SMILES string of the molecule is O=C(C1CC1)N1CCC(C2c3cc(Oc4ccc(C(F)(F)F)cc4)ccc3CCN2CCCCS(=O)O)CC1. The highest BCUT2D eigenvalue weighted by atomic mass is 32.2. The summed E-state index contributed by atoms with van der Waals surface area (Å²) in [7, 11) is 0. The van der Waals surface area contributed by atoms with Crippen LogP contribution in [-0.4, -0.2) is 56.4 Å². The molecule has 1 amide bonds. The van der Waals surface area contributed by atoms with Crippen molar-refractivity contribution in [1.82, 2.24) is 9.80 Å². The summed E-state index contributed by atoms with van der Waals surface area (Å²) in [4.78, 5) is 17.1. The topological polar surface area (TPSA) is 70.1 Å². The number of halogens is 3. The predicted octanol–water partition coefficient (Wildman–Crippen LogP) is 6.05. The number of hydrogen-bond acceptors (Lipinski definition) is 4. The minimum atomic E-state index is -4.40. The van der Waals surface area contributed by atoms with Crippen molar-refractivity contribution in [1.29, 1.82) is 0 Å². The van der Waals surface area contributed by atoms with Gasteiger partial charge in [0.15, 0.2) is 11.1 Å². The van der Waals surface area contributed by atoms with Crippen LogP contribution in [0.3, 0.4) is 0 Å². The lowest BCUT2D eigenvalue weighted by Crippen LogP contribution is -2.45. The van der Waals surface area contributed by atoms with E-state index in [2.05, 4.69) is 11.0 Å². The summed E-state index contributed by atoms with van der Waals surface area (Å²) in [5.41, 5.74) is 1.69. The number of alkyl halides is 3. The summed E-state index contributed by atoms with van der Waals surface area (Å²) in [5.74, 6) is 2.05. The van der Waals surface area contributed by atoms with E-state index in [-0.39, 0.29) is 17.7 Å². The molecule has 2 aliphatic heterocycles. The van der Waals surface area contributed by atoms with Gasteiger partial charge in [-0.05, 0) is 105 Å². The zero-order chi connectivity index (χ0) is 27.6. The standard InChI is InChI=1S/C29H35F3N2O4S/c30-29(31,32)23-6-9-24(10-7-23)38-25-8-5-20-11-15-33(14-1-2-18-39(36)37)27(26(20)19-25)21-12-16-34(17-13-21)28(35)22-3-4-22/h5-10,19,21-22,27H,1-4,11-18H2,(H,36,37). The van der Waals surface area contributed by atoms with Gasteiger partial charge in [-0.3, -0.25) is 9.69 Å². The first-order chi connectivity index (χ1) is 18.7. The fourth-order valence-corrected chi connectivity index (χ4v) is 6.41. The number of carbonyl (C=O) groups excluding carboxylic acids is 1. The van der Waals surface area contributed by atoms with Gasteiger partial charge < -0.3 is 14.2 Å². The number of carbonyl (C=O) groups is 1. The Labute approximate surface area is 229 Å². The zero-order valence-corrected chi connectivity index (χ0v) is 22.7. The fourth-order valence-electron chi connectivity index (χ4n) is 5.95. The number of rotatable bonds is 9. The van der Waals surface area contributed by atoms with Gasteiger partial charge in [-0.15, -0.1) is 0 Å². The van der Waals surface area contributed by atoms with Gasteiger partial charge in [0.1, 0.15) is 11.5 Å². The molecule has 0 aromatic heterocycles. The third kappa shape index (κ3) is 7.02. The minimum absolute atomic E-state index is 0.128. The summed E-state index contributed by atoms with van der Waals surface area (Å²) in [6.45, 7) is 3.21. The molecule has 5 rings (SSSR count). The number of hydrogen-bond donors (Lipinski definition) is 1. The molecule has 2 atom stereocenters. The molecule has 6 nitrogen and oxygen atoms in total. The number of nitrogens with zero attached hydrogens (tertiary/aromatic N) is 2. The maximum absolute atomic E-state index is 13.0. The monoisotopic (exact) mass is 564 g/mol. The number of fused-ring (bicyclic) bond motifs is 1. The van der Waals surface area contributed by atoms with Crippen molar-refractivity contribution in [3.8, 4) is 11.5 Å². The van der Waals surface area contributed by atoms with E-state index in [0.29, 0.717) is 29.7 Å². The van der Waals surface area contributed by atoms with E-state index < -0.39 is 22.8 Å². The Bertz CT molecular complexity index is 1180. The van der Waals surface area contributed by atoms with Crippen LogP contribution in [0.4, 0.5) is 13.2 Å². The average Bonchev–Trinajstić information content (AvgIpc) is 3.76. The smallest absolute Gasteiger partial charge is 0.416 e. The second-order valence-electron chi connectivity index (χ2n) is 10.9. The van der Waals surface area contributed by atoms with Crippen LogP contribution in [0.25, 0.3) is 0 Å².